The summed E-state index contributed by atoms with van der Waals surface area (Å²) in [5, 5.41) is 9.59. The maximum Gasteiger partial charge on any atom is 0.170 e. The van der Waals surface area contributed by atoms with Crippen molar-refractivity contribution in [3.05, 3.63) is 30.3 Å². The summed E-state index contributed by atoms with van der Waals surface area (Å²) in [4.78, 5) is 11.9. The molecule has 1 aromatic rings. The average Bonchev–Trinajstić information content (AvgIpc) is 2.41. The summed E-state index contributed by atoms with van der Waals surface area (Å²) in [6.45, 7) is 13.7. The van der Waals surface area contributed by atoms with Gasteiger partial charge < -0.3 is 14.6 Å². The second kappa shape index (κ2) is 8.04. The van der Waals surface area contributed by atoms with Crippen molar-refractivity contribution in [1.82, 2.24) is 0 Å². The zero-order valence-electron chi connectivity index (χ0n) is 14.8. The first-order valence-corrected chi connectivity index (χ1v) is 7.91. The van der Waals surface area contributed by atoms with Crippen LogP contribution >= 0.6 is 0 Å². The molecule has 1 aromatic carbocycles. The molecule has 1 N–H and O–H groups in total. The molecule has 0 heterocycles. The van der Waals surface area contributed by atoms with E-state index in [0.29, 0.717) is 23.5 Å². The van der Waals surface area contributed by atoms with E-state index in [1.54, 1.807) is 18.2 Å². The van der Waals surface area contributed by atoms with E-state index in [0.717, 1.165) is 6.42 Å². The highest BCUT2D eigenvalue weighted by Crippen LogP contribution is 2.27. The van der Waals surface area contributed by atoms with Crippen LogP contribution in [0.2, 0.25) is 0 Å². The Morgan fingerprint density at radius 3 is 2.35 bits per heavy atom. The number of hydrogen-bond acceptors (Lipinski definition) is 4. The first-order valence-electron chi connectivity index (χ1n) is 7.91. The number of Topliss-reactive ketones (excluding diaryl/α,β-unsaturated/α-hetero) is 1. The number of carbonyl (C=O) groups excluding carboxylic acids is 1. The molecule has 4 nitrogen and oxygen atoms in total. The van der Waals surface area contributed by atoms with Crippen LogP contribution in [-0.2, 0) is 4.79 Å². The Balaban J connectivity index is 2.73. The molecule has 0 atom stereocenters. The van der Waals surface area contributed by atoms with Gasteiger partial charge in [0.15, 0.2) is 5.78 Å². The molecule has 0 aromatic heterocycles. The molecular weight excluding hydrogens is 292 g/mol. The molecule has 0 saturated carbocycles. The minimum Gasteiger partial charge on any atom is -0.508 e. The summed E-state index contributed by atoms with van der Waals surface area (Å²) in [5.41, 5.74) is 0.642. The van der Waals surface area contributed by atoms with E-state index in [-0.39, 0.29) is 29.7 Å². The van der Waals surface area contributed by atoms with Gasteiger partial charge >= 0.3 is 0 Å². The first-order chi connectivity index (χ1) is 10.6. The van der Waals surface area contributed by atoms with Gasteiger partial charge in [-0.15, -0.1) is 0 Å². The Morgan fingerprint density at radius 2 is 1.83 bits per heavy atom. The highest BCUT2D eigenvalue weighted by Gasteiger charge is 2.14. The van der Waals surface area contributed by atoms with Gasteiger partial charge in [0, 0.05) is 18.1 Å². The molecule has 0 aliphatic rings. The van der Waals surface area contributed by atoms with E-state index < -0.39 is 0 Å². The third-order valence-electron chi connectivity index (χ3n) is 3.14. The number of hydrogen-bond donors (Lipinski definition) is 1. The molecule has 23 heavy (non-hydrogen) atoms. The molecule has 0 fully saturated rings. The summed E-state index contributed by atoms with van der Waals surface area (Å²) in [7, 11) is 0. The molecule has 0 amide bonds. The van der Waals surface area contributed by atoms with E-state index in [1.165, 1.54) is 0 Å². The van der Waals surface area contributed by atoms with Gasteiger partial charge in [-0.25, -0.2) is 0 Å². The largest absolute Gasteiger partial charge is 0.508 e. The van der Waals surface area contributed by atoms with Crippen molar-refractivity contribution in [2.75, 3.05) is 6.61 Å². The van der Waals surface area contributed by atoms with Gasteiger partial charge in [0.25, 0.3) is 0 Å². The first kappa shape index (κ1) is 19.1. The standard InChI is InChI=1S/C19H28O4/c1-13(2)23-18-10-15(14(3)20)9-17(11-18)22-12-16(21)7-8-19(4,5)6/h9-11,13,20H,3,7-8,12H2,1-2,4-6H3. The number of aliphatic hydroxyl groups excluding tert-OH is 1. The summed E-state index contributed by atoms with van der Waals surface area (Å²) in [6.07, 6.45) is 1.31. The van der Waals surface area contributed by atoms with Gasteiger partial charge in [-0.05, 0) is 37.8 Å². The summed E-state index contributed by atoms with van der Waals surface area (Å²) in [6, 6.07) is 5.05. The Labute approximate surface area is 139 Å². The molecule has 0 spiro atoms. The van der Waals surface area contributed by atoms with Crippen LogP contribution in [0.3, 0.4) is 0 Å². The summed E-state index contributed by atoms with van der Waals surface area (Å²) < 4.78 is 11.2. The van der Waals surface area contributed by atoms with Crippen LogP contribution in [0.15, 0.2) is 24.8 Å². The summed E-state index contributed by atoms with van der Waals surface area (Å²) in [5.74, 6) is 1.05. The van der Waals surface area contributed by atoms with E-state index >= 15 is 0 Å². The van der Waals surface area contributed by atoms with Crippen molar-refractivity contribution in [1.29, 1.82) is 0 Å². The highest BCUT2D eigenvalue weighted by atomic mass is 16.5. The van der Waals surface area contributed by atoms with Crippen molar-refractivity contribution >= 4 is 11.5 Å². The number of aliphatic hydroxyl groups is 1. The molecule has 0 bridgehead atoms. The van der Waals surface area contributed by atoms with Crippen molar-refractivity contribution < 1.29 is 19.4 Å². The quantitative estimate of drug-likeness (QED) is 0.701. The molecule has 0 aliphatic carbocycles. The molecule has 0 saturated heterocycles. The lowest BCUT2D eigenvalue weighted by Gasteiger charge is -2.17. The van der Waals surface area contributed by atoms with Gasteiger partial charge in [0.2, 0.25) is 0 Å². The van der Waals surface area contributed by atoms with Crippen LogP contribution in [0.4, 0.5) is 0 Å². The number of carbonyl (C=O) groups is 1. The van der Waals surface area contributed by atoms with Crippen molar-refractivity contribution in [2.24, 2.45) is 5.41 Å². The van der Waals surface area contributed by atoms with Crippen LogP contribution in [0, 0.1) is 5.41 Å². The van der Waals surface area contributed by atoms with Crippen molar-refractivity contribution in [3.8, 4) is 11.5 Å². The molecule has 4 heteroatoms. The fourth-order valence-corrected chi connectivity index (χ4v) is 1.91. The Bertz CT molecular complexity index is 553. The molecule has 0 unspecified atom stereocenters. The third kappa shape index (κ3) is 7.73. The van der Waals surface area contributed by atoms with Crippen LogP contribution in [0.5, 0.6) is 11.5 Å². The lowest BCUT2D eigenvalue weighted by molar-refractivity contribution is -0.121. The van der Waals surface area contributed by atoms with Gasteiger partial charge in [-0.1, -0.05) is 27.4 Å². The predicted molar refractivity (Wildman–Crippen MR) is 93.1 cm³/mol. The molecular formula is C19H28O4. The number of benzene rings is 1. The monoisotopic (exact) mass is 320 g/mol. The zero-order chi connectivity index (χ0) is 17.6. The number of ketones is 1. The normalized spacial score (nSPS) is 11.4. The highest BCUT2D eigenvalue weighted by molar-refractivity contribution is 5.80. The second-order valence-corrected chi connectivity index (χ2v) is 7.19. The van der Waals surface area contributed by atoms with E-state index in [1.807, 2.05) is 13.8 Å². The van der Waals surface area contributed by atoms with Crippen molar-refractivity contribution in [2.45, 2.75) is 53.6 Å². The van der Waals surface area contributed by atoms with Crippen molar-refractivity contribution in [3.63, 3.8) is 0 Å². The zero-order valence-corrected chi connectivity index (χ0v) is 14.8. The van der Waals surface area contributed by atoms with Gasteiger partial charge in [0.1, 0.15) is 23.9 Å². The molecule has 128 valence electrons. The maximum absolute atomic E-state index is 11.9. The SMILES string of the molecule is C=C(O)c1cc(OCC(=O)CCC(C)(C)C)cc(OC(C)C)c1. The minimum absolute atomic E-state index is 0.00141. The average molecular weight is 320 g/mol. The Hall–Kier alpha value is -1.97. The van der Waals surface area contributed by atoms with Crippen LogP contribution in [0.1, 0.15) is 53.0 Å². The van der Waals surface area contributed by atoms with Gasteiger partial charge in [0.05, 0.1) is 6.10 Å². The fourth-order valence-electron chi connectivity index (χ4n) is 1.91. The van der Waals surface area contributed by atoms with Crippen LogP contribution < -0.4 is 9.47 Å². The third-order valence-corrected chi connectivity index (χ3v) is 3.14. The number of rotatable bonds is 8. The Kier molecular flexibility index (Phi) is 6.67. The van der Waals surface area contributed by atoms with Crippen LogP contribution in [-0.4, -0.2) is 23.6 Å². The lowest BCUT2D eigenvalue weighted by atomic mass is 9.90. The van der Waals surface area contributed by atoms with E-state index in [9.17, 15) is 9.90 Å². The Morgan fingerprint density at radius 1 is 1.22 bits per heavy atom. The summed E-state index contributed by atoms with van der Waals surface area (Å²) >= 11 is 0. The van der Waals surface area contributed by atoms with Gasteiger partial charge in [-0.3, -0.25) is 4.79 Å². The topological polar surface area (TPSA) is 55.8 Å². The predicted octanol–water partition coefficient (Wildman–Crippen LogP) is 4.78. The van der Waals surface area contributed by atoms with Crippen LogP contribution in [0.25, 0.3) is 5.76 Å². The smallest absolute Gasteiger partial charge is 0.170 e. The minimum atomic E-state index is -0.0666. The number of ether oxygens (including phenoxy) is 2. The molecule has 1 rings (SSSR count). The lowest BCUT2D eigenvalue weighted by Crippen LogP contribution is -2.15. The fraction of sp³-hybridized carbons (Fsp3) is 0.526. The maximum atomic E-state index is 11.9. The molecule has 0 radical (unpaired) electrons. The molecule has 0 aliphatic heterocycles. The van der Waals surface area contributed by atoms with E-state index in [4.69, 9.17) is 9.47 Å². The van der Waals surface area contributed by atoms with E-state index in [2.05, 4.69) is 27.4 Å². The van der Waals surface area contributed by atoms with Gasteiger partial charge in [-0.2, -0.15) is 0 Å². The second-order valence-electron chi connectivity index (χ2n) is 7.19.